The number of hydrogen-bond acceptors (Lipinski definition) is 3. The molecule has 1 atom stereocenters. The Morgan fingerprint density at radius 2 is 2.11 bits per heavy atom. The summed E-state index contributed by atoms with van der Waals surface area (Å²) in [6.45, 7) is 12.9. The predicted octanol–water partition coefficient (Wildman–Crippen LogP) is 2.60. The zero-order valence-electron chi connectivity index (χ0n) is 12.2. The van der Waals surface area contributed by atoms with Crippen LogP contribution in [0.25, 0.3) is 0 Å². The SMILES string of the molecule is CCNCCC(C)N(CC)Cc1cccc(C)n1. The van der Waals surface area contributed by atoms with Crippen LogP contribution in [0.5, 0.6) is 0 Å². The minimum absolute atomic E-state index is 0.594. The number of aryl methyl sites for hydroxylation is 1. The van der Waals surface area contributed by atoms with Crippen molar-refractivity contribution >= 4 is 0 Å². The second-order valence-electron chi connectivity index (χ2n) is 4.82. The van der Waals surface area contributed by atoms with E-state index in [-0.39, 0.29) is 0 Å². The average Bonchev–Trinajstić information content (AvgIpc) is 2.36. The molecule has 1 rings (SSSR count). The van der Waals surface area contributed by atoms with Gasteiger partial charge in [0.25, 0.3) is 0 Å². The lowest BCUT2D eigenvalue weighted by Crippen LogP contribution is -2.35. The van der Waals surface area contributed by atoms with Crippen LogP contribution in [0.2, 0.25) is 0 Å². The molecule has 1 heterocycles. The maximum absolute atomic E-state index is 4.58. The second kappa shape index (κ2) is 8.22. The highest BCUT2D eigenvalue weighted by Crippen LogP contribution is 2.09. The van der Waals surface area contributed by atoms with Gasteiger partial charge in [0.05, 0.1) is 5.69 Å². The Balaban J connectivity index is 2.50. The van der Waals surface area contributed by atoms with E-state index >= 15 is 0 Å². The fourth-order valence-corrected chi connectivity index (χ4v) is 2.15. The van der Waals surface area contributed by atoms with Crippen LogP contribution < -0.4 is 5.32 Å². The van der Waals surface area contributed by atoms with Gasteiger partial charge in [0.2, 0.25) is 0 Å². The standard InChI is InChI=1S/C15H27N3/c1-5-16-11-10-14(4)18(6-2)12-15-9-7-8-13(3)17-15/h7-9,14,16H,5-6,10-12H2,1-4H3. The number of rotatable bonds is 8. The molecule has 102 valence electrons. The third kappa shape index (κ3) is 5.15. The van der Waals surface area contributed by atoms with E-state index in [1.54, 1.807) is 0 Å². The lowest BCUT2D eigenvalue weighted by Gasteiger charge is -2.27. The Bertz CT molecular complexity index is 338. The van der Waals surface area contributed by atoms with E-state index in [2.05, 4.69) is 48.1 Å². The van der Waals surface area contributed by atoms with Crippen molar-refractivity contribution in [3.63, 3.8) is 0 Å². The van der Waals surface area contributed by atoms with Crippen LogP contribution in [0, 0.1) is 6.92 Å². The molecule has 0 bridgehead atoms. The summed E-state index contributed by atoms with van der Waals surface area (Å²) >= 11 is 0. The Hall–Kier alpha value is -0.930. The highest BCUT2D eigenvalue weighted by molar-refractivity contribution is 5.09. The third-order valence-corrected chi connectivity index (χ3v) is 3.33. The summed E-state index contributed by atoms with van der Waals surface area (Å²) in [4.78, 5) is 7.07. The van der Waals surface area contributed by atoms with Crippen LogP contribution >= 0.6 is 0 Å². The first kappa shape index (κ1) is 15.1. The molecule has 0 fully saturated rings. The minimum atomic E-state index is 0.594. The van der Waals surface area contributed by atoms with Gasteiger partial charge in [-0.25, -0.2) is 0 Å². The van der Waals surface area contributed by atoms with Crippen molar-refractivity contribution < 1.29 is 0 Å². The molecule has 1 unspecified atom stereocenters. The molecule has 1 N–H and O–H groups in total. The summed E-state index contributed by atoms with van der Waals surface area (Å²) in [6, 6.07) is 6.85. The summed E-state index contributed by atoms with van der Waals surface area (Å²) in [5.41, 5.74) is 2.27. The van der Waals surface area contributed by atoms with Crippen LogP contribution in [-0.4, -0.2) is 35.6 Å². The van der Waals surface area contributed by atoms with Crippen LogP contribution in [0.4, 0.5) is 0 Å². The lowest BCUT2D eigenvalue weighted by molar-refractivity contribution is 0.198. The van der Waals surface area contributed by atoms with Crippen molar-refractivity contribution in [2.45, 2.75) is 46.7 Å². The third-order valence-electron chi connectivity index (χ3n) is 3.33. The first-order chi connectivity index (χ1) is 8.67. The predicted molar refractivity (Wildman–Crippen MR) is 77.7 cm³/mol. The van der Waals surface area contributed by atoms with Gasteiger partial charge in [-0.2, -0.15) is 0 Å². The van der Waals surface area contributed by atoms with Crippen molar-refractivity contribution in [1.29, 1.82) is 0 Å². The van der Waals surface area contributed by atoms with E-state index in [0.717, 1.165) is 31.9 Å². The molecule has 0 aliphatic rings. The van der Waals surface area contributed by atoms with Crippen molar-refractivity contribution in [1.82, 2.24) is 15.2 Å². The quantitative estimate of drug-likeness (QED) is 0.718. The highest BCUT2D eigenvalue weighted by Gasteiger charge is 2.12. The molecule has 0 aliphatic carbocycles. The topological polar surface area (TPSA) is 28.2 Å². The zero-order chi connectivity index (χ0) is 13.4. The van der Waals surface area contributed by atoms with Gasteiger partial charge in [0, 0.05) is 18.3 Å². The van der Waals surface area contributed by atoms with Gasteiger partial charge in [0.1, 0.15) is 0 Å². The second-order valence-corrected chi connectivity index (χ2v) is 4.82. The van der Waals surface area contributed by atoms with Gasteiger partial charge >= 0.3 is 0 Å². The summed E-state index contributed by atoms with van der Waals surface area (Å²) in [6.07, 6.45) is 1.19. The van der Waals surface area contributed by atoms with E-state index in [9.17, 15) is 0 Å². The Morgan fingerprint density at radius 1 is 1.33 bits per heavy atom. The molecule has 0 amide bonds. The summed E-state index contributed by atoms with van der Waals surface area (Å²) < 4.78 is 0. The molecular formula is C15H27N3. The highest BCUT2D eigenvalue weighted by atomic mass is 15.2. The first-order valence-corrected chi connectivity index (χ1v) is 7.04. The molecule has 0 saturated heterocycles. The number of hydrogen-bond donors (Lipinski definition) is 1. The normalized spacial score (nSPS) is 12.9. The lowest BCUT2D eigenvalue weighted by atomic mass is 10.2. The molecule has 0 saturated carbocycles. The number of pyridine rings is 1. The molecule has 3 nitrogen and oxygen atoms in total. The summed E-state index contributed by atoms with van der Waals surface area (Å²) in [5, 5.41) is 3.39. The van der Waals surface area contributed by atoms with Gasteiger partial charge in [-0.05, 0) is 52.0 Å². The maximum atomic E-state index is 4.58. The molecule has 1 aromatic heterocycles. The van der Waals surface area contributed by atoms with E-state index in [1.807, 2.05) is 13.0 Å². The van der Waals surface area contributed by atoms with Crippen LogP contribution in [0.3, 0.4) is 0 Å². The van der Waals surface area contributed by atoms with E-state index in [4.69, 9.17) is 0 Å². The van der Waals surface area contributed by atoms with E-state index in [0.29, 0.717) is 6.04 Å². The van der Waals surface area contributed by atoms with Crippen molar-refractivity contribution in [3.8, 4) is 0 Å². The van der Waals surface area contributed by atoms with Gasteiger partial charge in [-0.3, -0.25) is 9.88 Å². The molecule has 3 heteroatoms. The minimum Gasteiger partial charge on any atom is -0.317 e. The molecule has 0 aromatic carbocycles. The fourth-order valence-electron chi connectivity index (χ4n) is 2.15. The number of nitrogens with one attached hydrogen (secondary N) is 1. The molecule has 0 aliphatic heterocycles. The summed E-state index contributed by atoms with van der Waals surface area (Å²) in [5.74, 6) is 0. The molecule has 1 aromatic rings. The number of nitrogens with zero attached hydrogens (tertiary/aromatic N) is 2. The molecule has 0 spiro atoms. The fraction of sp³-hybridized carbons (Fsp3) is 0.667. The molecular weight excluding hydrogens is 222 g/mol. The largest absolute Gasteiger partial charge is 0.317 e. The molecule has 0 radical (unpaired) electrons. The first-order valence-electron chi connectivity index (χ1n) is 7.04. The van der Waals surface area contributed by atoms with Gasteiger partial charge in [-0.1, -0.05) is 19.9 Å². The van der Waals surface area contributed by atoms with Crippen molar-refractivity contribution in [2.75, 3.05) is 19.6 Å². The summed E-state index contributed by atoms with van der Waals surface area (Å²) in [7, 11) is 0. The van der Waals surface area contributed by atoms with Gasteiger partial charge < -0.3 is 5.32 Å². The van der Waals surface area contributed by atoms with Crippen molar-refractivity contribution in [2.24, 2.45) is 0 Å². The van der Waals surface area contributed by atoms with Crippen molar-refractivity contribution in [3.05, 3.63) is 29.6 Å². The van der Waals surface area contributed by atoms with E-state index in [1.165, 1.54) is 12.1 Å². The zero-order valence-corrected chi connectivity index (χ0v) is 12.2. The molecule has 18 heavy (non-hydrogen) atoms. The van der Waals surface area contributed by atoms with Crippen LogP contribution in [0.15, 0.2) is 18.2 Å². The van der Waals surface area contributed by atoms with Gasteiger partial charge in [-0.15, -0.1) is 0 Å². The van der Waals surface area contributed by atoms with Crippen LogP contribution in [-0.2, 0) is 6.54 Å². The van der Waals surface area contributed by atoms with Gasteiger partial charge in [0.15, 0.2) is 0 Å². The maximum Gasteiger partial charge on any atom is 0.0547 e. The van der Waals surface area contributed by atoms with E-state index < -0.39 is 0 Å². The average molecular weight is 249 g/mol. The Kier molecular flexibility index (Phi) is 6.91. The Morgan fingerprint density at radius 3 is 2.72 bits per heavy atom. The Labute approximate surface area is 112 Å². The monoisotopic (exact) mass is 249 g/mol. The number of aromatic nitrogens is 1. The smallest absolute Gasteiger partial charge is 0.0547 e. The van der Waals surface area contributed by atoms with Crippen LogP contribution in [0.1, 0.15) is 38.6 Å².